The summed E-state index contributed by atoms with van der Waals surface area (Å²) < 4.78 is 0. The van der Waals surface area contributed by atoms with Gasteiger partial charge in [0.15, 0.2) is 0 Å². The summed E-state index contributed by atoms with van der Waals surface area (Å²) in [5.41, 5.74) is 4.53. The Morgan fingerprint density at radius 1 is 0.788 bits per heavy atom. The van der Waals surface area contributed by atoms with Crippen LogP contribution >= 0.6 is 0 Å². The second-order valence-electron chi connectivity index (χ2n) is 7.58. The van der Waals surface area contributed by atoms with Crippen molar-refractivity contribution in [3.8, 4) is 0 Å². The molecule has 0 radical (unpaired) electrons. The highest BCUT2D eigenvalue weighted by Crippen LogP contribution is 2.20. The van der Waals surface area contributed by atoms with E-state index in [1.54, 1.807) is 37.3 Å². The number of nitrogens with one attached hydrogen (secondary N) is 4. The molecule has 3 aromatic rings. The maximum absolute atomic E-state index is 12.3. The van der Waals surface area contributed by atoms with Crippen molar-refractivity contribution in [2.45, 2.75) is 26.8 Å². The molecule has 0 fully saturated rings. The minimum Gasteiger partial charge on any atom is -0.376 e. The SMILES string of the molecule is CCC(=O)Nc1cc(NCC(=O)Nc2ccc(C(=O)NCc3ccccc3)cc2)ccc1C. The Labute approximate surface area is 193 Å². The molecule has 0 spiro atoms. The normalized spacial score (nSPS) is 10.2. The lowest BCUT2D eigenvalue weighted by Gasteiger charge is -2.12. The van der Waals surface area contributed by atoms with Gasteiger partial charge in [0.2, 0.25) is 11.8 Å². The number of carbonyl (C=O) groups excluding carboxylic acids is 3. The zero-order valence-corrected chi connectivity index (χ0v) is 18.8. The van der Waals surface area contributed by atoms with E-state index in [-0.39, 0.29) is 24.3 Å². The van der Waals surface area contributed by atoms with Gasteiger partial charge in [0, 0.05) is 35.6 Å². The van der Waals surface area contributed by atoms with E-state index >= 15 is 0 Å². The summed E-state index contributed by atoms with van der Waals surface area (Å²) in [5, 5.41) is 11.6. The summed E-state index contributed by atoms with van der Waals surface area (Å²) in [6.45, 7) is 4.21. The predicted octanol–water partition coefficient (Wildman–Crippen LogP) is 4.32. The molecule has 0 aliphatic heterocycles. The molecule has 3 amide bonds. The third-order valence-electron chi connectivity index (χ3n) is 5.01. The number of hydrogen-bond donors (Lipinski definition) is 4. The van der Waals surface area contributed by atoms with Crippen molar-refractivity contribution in [3.05, 3.63) is 89.5 Å². The van der Waals surface area contributed by atoms with Crippen molar-refractivity contribution in [1.29, 1.82) is 0 Å². The van der Waals surface area contributed by atoms with E-state index in [1.807, 2.05) is 49.4 Å². The molecule has 3 aromatic carbocycles. The van der Waals surface area contributed by atoms with Gasteiger partial charge in [-0.15, -0.1) is 0 Å². The predicted molar refractivity (Wildman–Crippen MR) is 131 cm³/mol. The van der Waals surface area contributed by atoms with Crippen LogP contribution in [0.3, 0.4) is 0 Å². The lowest BCUT2D eigenvalue weighted by Crippen LogP contribution is -2.23. The molecule has 3 rings (SSSR count). The Balaban J connectivity index is 1.49. The van der Waals surface area contributed by atoms with Crippen molar-refractivity contribution in [2.24, 2.45) is 0 Å². The molecule has 170 valence electrons. The van der Waals surface area contributed by atoms with Crippen LogP contribution in [0.4, 0.5) is 17.1 Å². The van der Waals surface area contributed by atoms with Gasteiger partial charge in [0.05, 0.1) is 6.54 Å². The van der Waals surface area contributed by atoms with E-state index in [4.69, 9.17) is 0 Å². The van der Waals surface area contributed by atoms with Gasteiger partial charge < -0.3 is 21.3 Å². The summed E-state index contributed by atoms with van der Waals surface area (Å²) in [6.07, 6.45) is 0.396. The highest BCUT2D eigenvalue weighted by molar-refractivity contribution is 5.97. The van der Waals surface area contributed by atoms with E-state index in [0.717, 1.165) is 16.8 Å². The zero-order chi connectivity index (χ0) is 23.6. The van der Waals surface area contributed by atoms with Gasteiger partial charge in [-0.1, -0.05) is 43.3 Å². The van der Waals surface area contributed by atoms with Gasteiger partial charge in [-0.3, -0.25) is 14.4 Å². The number of aryl methyl sites for hydroxylation is 1. The first-order chi connectivity index (χ1) is 15.9. The quantitative estimate of drug-likeness (QED) is 0.395. The van der Waals surface area contributed by atoms with Crippen LogP contribution < -0.4 is 21.3 Å². The molecule has 4 N–H and O–H groups in total. The maximum atomic E-state index is 12.3. The summed E-state index contributed by atoms with van der Waals surface area (Å²) in [6, 6.07) is 22.0. The number of anilines is 3. The Bertz CT molecular complexity index is 1110. The van der Waals surface area contributed by atoms with Gasteiger partial charge in [0.1, 0.15) is 0 Å². The molecule has 0 aliphatic rings. The smallest absolute Gasteiger partial charge is 0.251 e. The number of amides is 3. The van der Waals surface area contributed by atoms with Crippen molar-refractivity contribution < 1.29 is 14.4 Å². The molecule has 7 nitrogen and oxygen atoms in total. The van der Waals surface area contributed by atoms with Crippen LogP contribution in [0.15, 0.2) is 72.8 Å². The number of rotatable bonds is 9. The summed E-state index contributed by atoms with van der Waals surface area (Å²) in [5.74, 6) is -0.468. The standard InChI is InChI=1S/C26H28N4O3/c1-3-24(31)30-23-15-22(12-9-18(23)2)27-17-25(32)29-21-13-10-20(11-14-21)26(33)28-16-19-7-5-4-6-8-19/h4-15,27H,3,16-17H2,1-2H3,(H,28,33)(H,29,32)(H,30,31). The van der Waals surface area contributed by atoms with E-state index in [1.165, 1.54) is 0 Å². The first-order valence-corrected chi connectivity index (χ1v) is 10.8. The maximum Gasteiger partial charge on any atom is 0.251 e. The fourth-order valence-corrected chi connectivity index (χ4v) is 3.08. The highest BCUT2D eigenvalue weighted by atomic mass is 16.2. The third kappa shape index (κ3) is 7.21. The molecule has 0 aromatic heterocycles. The topological polar surface area (TPSA) is 99.3 Å². The average Bonchev–Trinajstić information content (AvgIpc) is 2.84. The Kier molecular flexibility index (Phi) is 8.18. The summed E-state index contributed by atoms with van der Waals surface area (Å²) in [7, 11) is 0. The lowest BCUT2D eigenvalue weighted by molar-refractivity contribution is -0.116. The molecule has 0 atom stereocenters. The average molecular weight is 445 g/mol. The largest absolute Gasteiger partial charge is 0.376 e. The van der Waals surface area contributed by atoms with Crippen LogP contribution in [0.5, 0.6) is 0 Å². The van der Waals surface area contributed by atoms with E-state index in [9.17, 15) is 14.4 Å². The number of benzene rings is 3. The molecule has 0 unspecified atom stereocenters. The Morgan fingerprint density at radius 3 is 2.18 bits per heavy atom. The molecule has 0 saturated heterocycles. The van der Waals surface area contributed by atoms with Gasteiger partial charge in [-0.05, 0) is 54.4 Å². The Morgan fingerprint density at radius 2 is 1.48 bits per heavy atom. The van der Waals surface area contributed by atoms with Crippen LogP contribution in [-0.4, -0.2) is 24.3 Å². The minimum atomic E-state index is -0.226. The lowest BCUT2D eigenvalue weighted by atomic mass is 10.1. The molecule has 7 heteroatoms. The third-order valence-corrected chi connectivity index (χ3v) is 5.01. The van der Waals surface area contributed by atoms with Crippen LogP contribution in [-0.2, 0) is 16.1 Å². The molecular weight excluding hydrogens is 416 g/mol. The summed E-state index contributed by atoms with van der Waals surface area (Å²) >= 11 is 0. The molecule has 0 saturated carbocycles. The van der Waals surface area contributed by atoms with Crippen molar-refractivity contribution >= 4 is 34.8 Å². The van der Waals surface area contributed by atoms with Crippen LogP contribution in [0.1, 0.15) is 34.8 Å². The molecule has 33 heavy (non-hydrogen) atoms. The number of hydrogen-bond acceptors (Lipinski definition) is 4. The van der Waals surface area contributed by atoms with E-state index in [0.29, 0.717) is 29.9 Å². The van der Waals surface area contributed by atoms with E-state index < -0.39 is 0 Å². The summed E-state index contributed by atoms with van der Waals surface area (Å²) in [4.78, 5) is 36.3. The Hall–Kier alpha value is -4.13. The zero-order valence-electron chi connectivity index (χ0n) is 18.8. The second kappa shape index (κ2) is 11.5. The molecular formula is C26H28N4O3. The molecule has 0 aliphatic carbocycles. The first kappa shape index (κ1) is 23.5. The van der Waals surface area contributed by atoms with E-state index in [2.05, 4.69) is 21.3 Å². The number of carbonyl (C=O) groups is 3. The van der Waals surface area contributed by atoms with Gasteiger partial charge in [-0.25, -0.2) is 0 Å². The van der Waals surface area contributed by atoms with Crippen molar-refractivity contribution in [2.75, 3.05) is 22.5 Å². The highest BCUT2D eigenvalue weighted by Gasteiger charge is 2.08. The molecule has 0 bridgehead atoms. The van der Waals surface area contributed by atoms with Gasteiger partial charge in [-0.2, -0.15) is 0 Å². The molecule has 0 heterocycles. The van der Waals surface area contributed by atoms with Crippen molar-refractivity contribution in [1.82, 2.24) is 5.32 Å². The van der Waals surface area contributed by atoms with Crippen LogP contribution in [0.2, 0.25) is 0 Å². The fourth-order valence-electron chi connectivity index (χ4n) is 3.08. The fraction of sp³-hybridized carbons (Fsp3) is 0.192. The first-order valence-electron chi connectivity index (χ1n) is 10.8. The van der Waals surface area contributed by atoms with Gasteiger partial charge >= 0.3 is 0 Å². The van der Waals surface area contributed by atoms with Crippen LogP contribution in [0, 0.1) is 6.92 Å². The van der Waals surface area contributed by atoms with Gasteiger partial charge in [0.25, 0.3) is 5.91 Å². The second-order valence-corrected chi connectivity index (χ2v) is 7.58. The van der Waals surface area contributed by atoms with Crippen molar-refractivity contribution in [3.63, 3.8) is 0 Å². The minimum absolute atomic E-state index is 0.0591. The monoisotopic (exact) mass is 444 g/mol. The van der Waals surface area contributed by atoms with Crippen LogP contribution in [0.25, 0.3) is 0 Å².